The van der Waals surface area contributed by atoms with Gasteiger partial charge < -0.3 is 14.8 Å². The highest BCUT2D eigenvalue weighted by Crippen LogP contribution is 2.42. The van der Waals surface area contributed by atoms with Crippen molar-refractivity contribution in [3.05, 3.63) is 59.4 Å². The summed E-state index contributed by atoms with van der Waals surface area (Å²) >= 11 is 0. The van der Waals surface area contributed by atoms with Gasteiger partial charge in [0.15, 0.2) is 6.10 Å². The third-order valence-corrected chi connectivity index (χ3v) is 5.51. The molecule has 0 unspecified atom stereocenters. The molecule has 1 fully saturated rings. The number of carbonyl (C=O) groups excluding carboxylic acids is 2. The molecule has 1 atom stereocenters. The van der Waals surface area contributed by atoms with Crippen molar-refractivity contribution in [2.24, 2.45) is 0 Å². The van der Waals surface area contributed by atoms with Crippen LogP contribution < -0.4 is 10.1 Å². The van der Waals surface area contributed by atoms with Crippen molar-refractivity contribution >= 4 is 17.6 Å². The third-order valence-electron chi connectivity index (χ3n) is 5.51. The first-order valence-corrected chi connectivity index (χ1v) is 9.78. The zero-order valence-electron chi connectivity index (χ0n) is 17.0. The second-order valence-corrected chi connectivity index (χ2v) is 7.54. The molecule has 1 saturated carbocycles. The van der Waals surface area contributed by atoms with Crippen molar-refractivity contribution in [3.63, 3.8) is 0 Å². The first-order valence-electron chi connectivity index (χ1n) is 9.78. The summed E-state index contributed by atoms with van der Waals surface area (Å²) in [5, 5.41) is 2.77. The number of carbonyl (C=O) groups is 2. The van der Waals surface area contributed by atoms with Gasteiger partial charge in [0.2, 0.25) is 0 Å². The maximum Gasteiger partial charge on any atom is 0.317 e. The third kappa shape index (κ3) is 4.42. The zero-order chi connectivity index (χ0) is 21.0. The van der Waals surface area contributed by atoms with Crippen molar-refractivity contribution < 1.29 is 23.5 Å². The van der Waals surface area contributed by atoms with Gasteiger partial charge in [0, 0.05) is 0 Å². The first kappa shape index (κ1) is 20.8. The summed E-state index contributed by atoms with van der Waals surface area (Å²) in [5.41, 5.74) is 1.39. The molecular formula is C23H26FNO4. The lowest BCUT2D eigenvalue weighted by molar-refractivity contribution is -0.159. The van der Waals surface area contributed by atoms with Crippen molar-refractivity contribution in [2.75, 3.05) is 12.4 Å². The fourth-order valence-corrected chi connectivity index (χ4v) is 3.84. The van der Waals surface area contributed by atoms with E-state index in [9.17, 15) is 14.0 Å². The van der Waals surface area contributed by atoms with Gasteiger partial charge in [-0.1, -0.05) is 31.0 Å². The number of amides is 1. The van der Waals surface area contributed by atoms with Crippen molar-refractivity contribution in [1.82, 2.24) is 0 Å². The van der Waals surface area contributed by atoms with Gasteiger partial charge in [-0.15, -0.1) is 0 Å². The minimum atomic E-state index is -0.981. The molecule has 1 aliphatic carbocycles. The topological polar surface area (TPSA) is 64.6 Å². The Morgan fingerprint density at radius 3 is 2.38 bits per heavy atom. The fourth-order valence-electron chi connectivity index (χ4n) is 3.84. The van der Waals surface area contributed by atoms with Crippen LogP contribution in [-0.2, 0) is 19.7 Å². The van der Waals surface area contributed by atoms with Crippen LogP contribution in [0.4, 0.5) is 10.1 Å². The molecule has 1 aliphatic rings. The quantitative estimate of drug-likeness (QED) is 0.725. The number of esters is 1. The van der Waals surface area contributed by atoms with E-state index in [0.717, 1.165) is 24.0 Å². The smallest absolute Gasteiger partial charge is 0.317 e. The Morgan fingerprint density at radius 1 is 1.10 bits per heavy atom. The van der Waals surface area contributed by atoms with E-state index in [1.54, 1.807) is 31.2 Å². The van der Waals surface area contributed by atoms with Gasteiger partial charge in [-0.25, -0.2) is 4.39 Å². The van der Waals surface area contributed by atoms with Crippen molar-refractivity contribution in [2.45, 2.75) is 51.0 Å². The molecule has 0 bridgehead atoms. The van der Waals surface area contributed by atoms with Gasteiger partial charge in [0.1, 0.15) is 11.6 Å². The van der Waals surface area contributed by atoms with Crippen LogP contribution in [0.5, 0.6) is 5.75 Å². The van der Waals surface area contributed by atoms with Crippen LogP contribution in [0, 0.1) is 12.7 Å². The number of anilines is 1. The number of nitrogens with one attached hydrogen (secondary N) is 1. The maximum absolute atomic E-state index is 13.3. The highest BCUT2D eigenvalue weighted by Gasteiger charge is 2.45. The molecule has 154 valence electrons. The molecular weight excluding hydrogens is 373 g/mol. The van der Waals surface area contributed by atoms with Crippen LogP contribution in [0.3, 0.4) is 0 Å². The summed E-state index contributed by atoms with van der Waals surface area (Å²) in [6, 6.07) is 11.4. The lowest BCUT2D eigenvalue weighted by Gasteiger charge is -2.28. The number of hydrogen-bond donors (Lipinski definition) is 1. The summed E-state index contributed by atoms with van der Waals surface area (Å²) in [4.78, 5) is 25.7. The summed E-state index contributed by atoms with van der Waals surface area (Å²) in [5.74, 6) is -0.703. The molecule has 0 aliphatic heterocycles. The number of methoxy groups -OCH3 is 1. The molecule has 3 rings (SSSR count). The zero-order valence-corrected chi connectivity index (χ0v) is 17.0. The lowest BCUT2D eigenvalue weighted by atomic mass is 9.79. The molecule has 0 saturated heterocycles. The van der Waals surface area contributed by atoms with Gasteiger partial charge in [-0.2, -0.15) is 0 Å². The maximum atomic E-state index is 13.3. The minimum Gasteiger partial charge on any atom is -0.495 e. The predicted molar refractivity (Wildman–Crippen MR) is 108 cm³/mol. The van der Waals surface area contributed by atoms with Gasteiger partial charge in [-0.05, 0) is 62.1 Å². The van der Waals surface area contributed by atoms with Crippen LogP contribution in [0.1, 0.15) is 43.7 Å². The number of ether oxygens (including phenoxy) is 2. The molecule has 0 spiro atoms. The van der Waals surface area contributed by atoms with Crippen LogP contribution in [0.2, 0.25) is 0 Å². The number of halogens is 1. The van der Waals surface area contributed by atoms with E-state index < -0.39 is 23.4 Å². The number of hydrogen-bond acceptors (Lipinski definition) is 4. The fraction of sp³-hybridized carbons (Fsp3) is 0.391. The summed E-state index contributed by atoms with van der Waals surface area (Å²) in [7, 11) is 1.52. The van der Waals surface area contributed by atoms with E-state index in [2.05, 4.69) is 5.32 Å². The molecule has 6 heteroatoms. The van der Waals surface area contributed by atoms with Crippen LogP contribution in [-0.4, -0.2) is 25.1 Å². The second kappa shape index (κ2) is 8.64. The summed E-state index contributed by atoms with van der Waals surface area (Å²) < 4.78 is 24.2. The summed E-state index contributed by atoms with van der Waals surface area (Å²) in [6.45, 7) is 3.45. The van der Waals surface area contributed by atoms with E-state index >= 15 is 0 Å². The first-order chi connectivity index (χ1) is 13.9. The molecule has 1 amide bonds. The Bertz CT molecular complexity index is 888. The molecule has 2 aromatic carbocycles. The van der Waals surface area contributed by atoms with E-state index in [4.69, 9.17) is 9.47 Å². The highest BCUT2D eigenvalue weighted by atomic mass is 19.1. The van der Waals surface area contributed by atoms with E-state index in [1.807, 2.05) is 13.0 Å². The molecule has 0 heterocycles. The molecule has 2 aromatic rings. The van der Waals surface area contributed by atoms with E-state index in [1.165, 1.54) is 19.2 Å². The average Bonchev–Trinajstić information content (AvgIpc) is 3.20. The Labute approximate surface area is 170 Å². The normalized spacial score (nSPS) is 16.1. The highest BCUT2D eigenvalue weighted by molar-refractivity contribution is 5.97. The Kier molecular flexibility index (Phi) is 6.20. The number of aryl methyl sites for hydroxylation is 1. The standard InChI is InChI=1S/C23H26FNO4/c1-15-6-11-20(28-3)19(14-15)25-21(26)16(2)29-22(27)23(12-4-5-13-23)17-7-9-18(24)10-8-17/h6-11,14,16H,4-5,12-13H2,1-3H3,(H,25,26)/t16-/m1/s1. The Morgan fingerprint density at radius 2 is 1.76 bits per heavy atom. The SMILES string of the molecule is COc1ccc(C)cc1NC(=O)[C@@H](C)OC(=O)C1(c2ccc(F)cc2)CCCC1. The van der Waals surface area contributed by atoms with Crippen LogP contribution in [0.15, 0.2) is 42.5 Å². The summed E-state index contributed by atoms with van der Waals surface area (Å²) in [6.07, 6.45) is 2.03. The average molecular weight is 399 g/mol. The van der Waals surface area contributed by atoms with Gasteiger partial charge in [0.25, 0.3) is 5.91 Å². The lowest BCUT2D eigenvalue weighted by Crippen LogP contribution is -2.39. The Balaban J connectivity index is 1.74. The van der Waals surface area contributed by atoms with Crippen molar-refractivity contribution in [1.29, 1.82) is 0 Å². The monoisotopic (exact) mass is 399 g/mol. The molecule has 0 aromatic heterocycles. The molecule has 1 N–H and O–H groups in total. The van der Waals surface area contributed by atoms with E-state index in [-0.39, 0.29) is 5.82 Å². The Hall–Kier alpha value is -2.89. The second-order valence-electron chi connectivity index (χ2n) is 7.54. The number of rotatable bonds is 6. The van der Waals surface area contributed by atoms with Gasteiger partial charge in [-0.3, -0.25) is 9.59 Å². The predicted octanol–water partition coefficient (Wildman–Crippen LogP) is 4.52. The van der Waals surface area contributed by atoms with E-state index in [0.29, 0.717) is 24.3 Å². The largest absolute Gasteiger partial charge is 0.495 e. The van der Waals surface area contributed by atoms with Crippen LogP contribution in [0.25, 0.3) is 0 Å². The molecule has 5 nitrogen and oxygen atoms in total. The number of benzene rings is 2. The van der Waals surface area contributed by atoms with Crippen LogP contribution >= 0.6 is 0 Å². The van der Waals surface area contributed by atoms with Gasteiger partial charge in [0.05, 0.1) is 18.2 Å². The molecule has 0 radical (unpaired) electrons. The minimum absolute atomic E-state index is 0.352. The van der Waals surface area contributed by atoms with Gasteiger partial charge >= 0.3 is 5.97 Å². The van der Waals surface area contributed by atoms with Crippen molar-refractivity contribution in [3.8, 4) is 5.75 Å². The molecule has 29 heavy (non-hydrogen) atoms.